The van der Waals surface area contributed by atoms with Gasteiger partial charge in [-0.1, -0.05) is 0 Å². The van der Waals surface area contributed by atoms with Crippen molar-refractivity contribution in [2.45, 2.75) is 6.04 Å². The fourth-order valence-corrected chi connectivity index (χ4v) is 0.671. The van der Waals surface area contributed by atoms with Crippen LogP contribution in [-0.2, 0) is 14.3 Å². The first-order valence-corrected chi connectivity index (χ1v) is 2.81. The fourth-order valence-electron chi connectivity index (χ4n) is 0.671. The summed E-state index contributed by atoms with van der Waals surface area (Å²) in [4.78, 5) is 20.0. The molecule has 5 heteroatoms. The molecule has 1 saturated heterocycles. The van der Waals surface area contributed by atoms with Gasteiger partial charge in [-0.15, -0.1) is 0 Å². The molecule has 0 aromatic heterocycles. The topological polar surface area (TPSA) is 64.6 Å². The lowest BCUT2D eigenvalue weighted by atomic mass is 10.4. The average Bonchev–Trinajstić information content (AvgIpc) is 2.31. The Kier molecular flexibility index (Phi) is 2.09. The first-order valence-electron chi connectivity index (χ1n) is 2.81. The van der Waals surface area contributed by atoms with Crippen molar-refractivity contribution in [3.05, 3.63) is 0 Å². The van der Waals surface area contributed by atoms with E-state index in [0.29, 0.717) is 6.47 Å². The van der Waals surface area contributed by atoms with Crippen LogP contribution in [0, 0.1) is 0 Å². The maximum absolute atomic E-state index is 10.3. The summed E-state index contributed by atoms with van der Waals surface area (Å²) in [6.07, 6.45) is -0.459. The molecule has 10 heavy (non-hydrogen) atoms. The normalized spacial score (nSPS) is 23.2. The van der Waals surface area contributed by atoms with Gasteiger partial charge in [-0.3, -0.25) is 4.79 Å². The van der Waals surface area contributed by atoms with E-state index in [1.807, 2.05) is 0 Å². The van der Waals surface area contributed by atoms with Crippen LogP contribution in [0.25, 0.3) is 0 Å². The Hall–Kier alpha value is -1.26. The minimum absolute atomic E-state index is 0.176. The highest BCUT2D eigenvalue weighted by molar-refractivity contribution is 5.69. The molecule has 1 unspecified atom stereocenters. The van der Waals surface area contributed by atoms with E-state index in [0.717, 1.165) is 0 Å². The zero-order valence-electron chi connectivity index (χ0n) is 5.20. The van der Waals surface area contributed by atoms with Crippen molar-refractivity contribution in [2.75, 3.05) is 13.2 Å². The van der Waals surface area contributed by atoms with E-state index >= 15 is 0 Å². The van der Waals surface area contributed by atoms with Gasteiger partial charge in [0.2, 0.25) is 0 Å². The second-order valence-corrected chi connectivity index (χ2v) is 1.87. The maximum atomic E-state index is 10.3. The highest BCUT2D eigenvalue weighted by Crippen LogP contribution is 1.96. The van der Waals surface area contributed by atoms with Gasteiger partial charge < -0.3 is 14.8 Å². The number of nitrogens with one attached hydrogen (secondary N) is 1. The molecule has 1 fully saturated rings. The third-order valence-corrected chi connectivity index (χ3v) is 1.10. The van der Waals surface area contributed by atoms with E-state index in [1.165, 1.54) is 0 Å². The lowest BCUT2D eigenvalue weighted by molar-refractivity contribution is -0.129. The van der Waals surface area contributed by atoms with E-state index in [2.05, 4.69) is 14.8 Å². The van der Waals surface area contributed by atoms with Crippen molar-refractivity contribution in [1.82, 2.24) is 5.32 Å². The molecule has 0 saturated carbocycles. The zero-order chi connectivity index (χ0) is 7.40. The molecule has 56 valence electrons. The quantitative estimate of drug-likeness (QED) is 0.531. The van der Waals surface area contributed by atoms with Gasteiger partial charge in [0.1, 0.15) is 19.3 Å². The molecule has 0 aromatic rings. The number of cyclic esters (lactones) is 1. The Bertz CT molecular complexity index is 147. The Morgan fingerprint density at radius 3 is 3.20 bits per heavy atom. The summed E-state index contributed by atoms with van der Waals surface area (Å²) >= 11 is 0. The molecule has 0 aliphatic carbocycles. The van der Waals surface area contributed by atoms with E-state index < -0.39 is 6.09 Å². The number of ether oxygens (including phenoxy) is 2. The third kappa shape index (κ3) is 1.61. The average molecular weight is 145 g/mol. The van der Waals surface area contributed by atoms with Crippen LogP contribution >= 0.6 is 0 Å². The van der Waals surface area contributed by atoms with Crippen LogP contribution in [0.2, 0.25) is 0 Å². The van der Waals surface area contributed by atoms with Gasteiger partial charge in [0.15, 0.2) is 0 Å². The van der Waals surface area contributed by atoms with Crippen molar-refractivity contribution in [3.8, 4) is 0 Å². The fraction of sp³-hybridized carbons (Fsp3) is 0.600. The molecular weight excluding hydrogens is 138 g/mol. The maximum Gasteiger partial charge on any atom is 0.407 e. The number of amides is 1. The lowest BCUT2D eigenvalue weighted by Crippen LogP contribution is -2.30. The lowest BCUT2D eigenvalue weighted by Gasteiger charge is -2.02. The number of hydrogen-bond acceptors (Lipinski definition) is 4. The summed E-state index contributed by atoms with van der Waals surface area (Å²) in [6, 6.07) is -0.183. The second kappa shape index (κ2) is 3.05. The van der Waals surface area contributed by atoms with Crippen molar-refractivity contribution in [3.63, 3.8) is 0 Å². The Balaban J connectivity index is 2.18. The predicted molar refractivity (Wildman–Crippen MR) is 30.3 cm³/mol. The SMILES string of the molecule is O=COCC1COC(=O)N1. The van der Waals surface area contributed by atoms with Gasteiger partial charge in [0, 0.05) is 0 Å². The van der Waals surface area contributed by atoms with E-state index in [4.69, 9.17) is 0 Å². The zero-order valence-corrected chi connectivity index (χ0v) is 5.20. The first kappa shape index (κ1) is 6.85. The van der Waals surface area contributed by atoms with E-state index in [-0.39, 0.29) is 19.3 Å². The van der Waals surface area contributed by atoms with Gasteiger partial charge in [-0.05, 0) is 0 Å². The molecule has 1 heterocycles. The third-order valence-electron chi connectivity index (χ3n) is 1.10. The number of alkyl carbamates (subject to hydrolysis) is 1. The number of rotatable bonds is 3. The summed E-state index contributed by atoms with van der Waals surface area (Å²) in [5.74, 6) is 0. The van der Waals surface area contributed by atoms with E-state index in [9.17, 15) is 9.59 Å². The molecule has 1 amide bonds. The molecule has 0 aromatic carbocycles. The monoisotopic (exact) mass is 145 g/mol. The van der Waals surface area contributed by atoms with Gasteiger partial charge >= 0.3 is 6.09 Å². The molecule has 5 nitrogen and oxygen atoms in total. The number of hydrogen-bond donors (Lipinski definition) is 1. The summed E-state index contributed by atoms with van der Waals surface area (Å²) < 4.78 is 8.91. The molecule has 1 atom stereocenters. The summed E-state index contributed by atoms with van der Waals surface area (Å²) in [5, 5.41) is 2.44. The molecule has 1 N–H and O–H groups in total. The van der Waals surface area contributed by atoms with Crippen LogP contribution in [-0.4, -0.2) is 31.8 Å². The van der Waals surface area contributed by atoms with Crippen LogP contribution in [0.5, 0.6) is 0 Å². The highest BCUT2D eigenvalue weighted by Gasteiger charge is 2.21. The number of carbonyl (C=O) groups is 2. The smallest absolute Gasteiger partial charge is 0.407 e. The van der Waals surface area contributed by atoms with Gasteiger partial charge in [0.05, 0.1) is 0 Å². The van der Waals surface area contributed by atoms with Gasteiger partial charge in [-0.25, -0.2) is 4.79 Å². The number of carbonyl (C=O) groups excluding carboxylic acids is 2. The van der Waals surface area contributed by atoms with E-state index in [1.54, 1.807) is 0 Å². The molecule has 0 spiro atoms. The minimum Gasteiger partial charge on any atom is -0.466 e. The summed E-state index contributed by atoms with van der Waals surface area (Å²) in [7, 11) is 0. The Morgan fingerprint density at radius 1 is 1.90 bits per heavy atom. The molecule has 1 rings (SSSR count). The Labute approximate surface area is 57.3 Å². The van der Waals surface area contributed by atoms with Crippen molar-refractivity contribution in [1.29, 1.82) is 0 Å². The summed E-state index contributed by atoms with van der Waals surface area (Å²) in [5.41, 5.74) is 0. The van der Waals surface area contributed by atoms with Crippen LogP contribution < -0.4 is 5.32 Å². The second-order valence-electron chi connectivity index (χ2n) is 1.87. The van der Waals surface area contributed by atoms with Crippen LogP contribution in [0.3, 0.4) is 0 Å². The van der Waals surface area contributed by atoms with Gasteiger partial charge in [-0.2, -0.15) is 0 Å². The summed E-state index contributed by atoms with van der Waals surface area (Å²) in [6.45, 7) is 0.784. The van der Waals surface area contributed by atoms with Crippen molar-refractivity contribution >= 4 is 12.6 Å². The van der Waals surface area contributed by atoms with Crippen molar-refractivity contribution in [2.24, 2.45) is 0 Å². The Morgan fingerprint density at radius 2 is 2.70 bits per heavy atom. The molecule has 0 bridgehead atoms. The first-order chi connectivity index (χ1) is 4.83. The molecule has 1 aliphatic rings. The van der Waals surface area contributed by atoms with Crippen LogP contribution in [0.15, 0.2) is 0 Å². The predicted octanol–water partition coefficient (Wildman–Crippen LogP) is -0.732. The molecule has 1 aliphatic heterocycles. The van der Waals surface area contributed by atoms with Gasteiger partial charge in [0.25, 0.3) is 6.47 Å². The highest BCUT2D eigenvalue weighted by atomic mass is 16.6. The molecule has 0 radical (unpaired) electrons. The van der Waals surface area contributed by atoms with Crippen LogP contribution in [0.4, 0.5) is 4.79 Å². The van der Waals surface area contributed by atoms with Crippen molar-refractivity contribution < 1.29 is 19.1 Å². The van der Waals surface area contributed by atoms with Crippen LogP contribution in [0.1, 0.15) is 0 Å². The minimum atomic E-state index is -0.459. The largest absolute Gasteiger partial charge is 0.466 e. The standard InChI is InChI=1S/C5H7NO4/c7-3-9-1-4-2-10-5(8)6-4/h3-4H,1-2H2,(H,6,8). The molecular formula is C5H7NO4.